The zero-order valence-electron chi connectivity index (χ0n) is 10.5. The van der Waals surface area contributed by atoms with Gasteiger partial charge in [0.2, 0.25) is 0 Å². The van der Waals surface area contributed by atoms with Crippen molar-refractivity contribution < 1.29 is 0 Å². The van der Waals surface area contributed by atoms with Gasteiger partial charge in [0.15, 0.2) is 0 Å². The number of halogens is 1. The Morgan fingerprint density at radius 2 is 2.12 bits per heavy atom. The van der Waals surface area contributed by atoms with E-state index in [9.17, 15) is 0 Å². The highest BCUT2D eigenvalue weighted by Crippen LogP contribution is 2.32. The molecule has 0 aliphatic heterocycles. The SMILES string of the molecule is Cc1cc(N(CCC#N)C(C)C)c(Br)cc1N. The summed E-state index contributed by atoms with van der Waals surface area (Å²) >= 11 is 3.54. The van der Waals surface area contributed by atoms with Crippen molar-refractivity contribution in [1.29, 1.82) is 5.26 Å². The third-order valence-electron chi connectivity index (χ3n) is 2.73. The third-order valence-corrected chi connectivity index (χ3v) is 3.37. The highest BCUT2D eigenvalue weighted by molar-refractivity contribution is 9.10. The van der Waals surface area contributed by atoms with Gasteiger partial charge in [0.05, 0.1) is 18.2 Å². The second-order valence-electron chi connectivity index (χ2n) is 4.36. The summed E-state index contributed by atoms with van der Waals surface area (Å²) in [7, 11) is 0. The van der Waals surface area contributed by atoms with E-state index >= 15 is 0 Å². The quantitative estimate of drug-likeness (QED) is 0.866. The number of nitrogens with two attached hydrogens (primary N) is 1. The molecule has 1 aromatic carbocycles. The summed E-state index contributed by atoms with van der Waals surface area (Å²) in [6.07, 6.45) is 0.522. The fourth-order valence-electron chi connectivity index (χ4n) is 1.73. The molecule has 17 heavy (non-hydrogen) atoms. The average molecular weight is 296 g/mol. The van der Waals surface area contributed by atoms with Crippen LogP contribution in [0, 0.1) is 18.3 Å². The standard InChI is InChI=1S/C13H18BrN3/c1-9(2)17(6-4-5-15)13-7-10(3)12(16)8-11(13)14/h7-9H,4,6,16H2,1-3H3. The first-order chi connectivity index (χ1) is 7.97. The molecule has 0 aliphatic carbocycles. The first kappa shape index (κ1) is 13.9. The molecule has 1 aromatic rings. The number of hydrogen-bond acceptors (Lipinski definition) is 3. The van der Waals surface area contributed by atoms with Crippen LogP contribution in [-0.2, 0) is 0 Å². The Morgan fingerprint density at radius 1 is 1.47 bits per heavy atom. The van der Waals surface area contributed by atoms with Gasteiger partial charge in [-0.25, -0.2) is 0 Å². The van der Waals surface area contributed by atoms with E-state index in [0.29, 0.717) is 12.5 Å². The predicted molar refractivity (Wildman–Crippen MR) is 76.0 cm³/mol. The molecule has 0 amide bonds. The number of aryl methyl sites for hydroxylation is 1. The predicted octanol–water partition coefficient (Wildman–Crippen LogP) is 3.47. The minimum atomic E-state index is 0.350. The first-order valence-electron chi connectivity index (χ1n) is 5.66. The molecule has 2 N–H and O–H groups in total. The van der Waals surface area contributed by atoms with Crippen LogP contribution in [0.1, 0.15) is 25.8 Å². The lowest BCUT2D eigenvalue weighted by molar-refractivity contribution is 0.685. The van der Waals surface area contributed by atoms with Crippen molar-refractivity contribution in [3.8, 4) is 6.07 Å². The van der Waals surface area contributed by atoms with Gasteiger partial charge in [-0.05, 0) is 54.4 Å². The number of hydrogen-bond donors (Lipinski definition) is 1. The normalized spacial score (nSPS) is 10.4. The lowest BCUT2D eigenvalue weighted by atomic mass is 10.1. The van der Waals surface area contributed by atoms with Crippen LogP contribution in [0.4, 0.5) is 11.4 Å². The molecular weight excluding hydrogens is 278 g/mol. The zero-order valence-corrected chi connectivity index (χ0v) is 12.1. The van der Waals surface area contributed by atoms with E-state index in [0.717, 1.165) is 28.0 Å². The van der Waals surface area contributed by atoms with Crippen LogP contribution >= 0.6 is 15.9 Å². The van der Waals surface area contributed by atoms with Crippen molar-refractivity contribution in [3.05, 3.63) is 22.2 Å². The summed E-state index contributed by atoms with van der Waals surface area (Å²) in [5, 5.41) is 8.70. The molecule has 92 valence electrons. The maximum atomic E-state index is 8.70. The first-order valence-corrected chi connectivity index (χ1v) is 6.46. The van der Waals surface area contributed by atoms with Crippen molar-refractivity contribution in [3.63, 3.8) is 0 Å². The van der Waals surface area contributed by atoms with Crippen LogP contribution < -0.4 is 10.6 Å². The lowest BCUT2D eigenvalue weighted by Crippen LogP contribution is -2.32. The van der Waals surface area contributed by atoms with E-state index in [1.54, 1.807) is 0 Å². The summed E-state index contributed by atoms with van der Waals surface area (Å²) in [5.74, 6) is 0. The van der Waals surface area contributed by atoms with Gasteiger partial charge in [0.25, 0.3) is 0 Å². The third kappa shape index (κ3) is 3.37. The largest absolute Gasteiger partial charge is 0.398 e. The molecule has 0 bridgehead atoms. The molecule has 0 saturated carbocycles. The highest BCUT2D eigenvalue weighted by Gasteiger charge is 2.14. The van der Waals surface area contributed by atoms with E-state index < -0.39 is 0 Å². The smallest absolute Gasteiger partial charge is 0.0640 e. The maximum Gasteiger partial charge on any atom is 0.0640 e. The van der Waals surface area contributed by atoms with Crippen LogP contribution in [0.25, 0.3) is 0 Å². The molecule has 0 spiro atoms. The van der Waals surface area contributed by atoms with E-state index in [1.807, 2.05) is 13.0 Å². The van der Waals surface area contributed by atoms with E-state index in [-0.39, 0.29) is 0 Å². The summed E-state index contributed by atoms with van der Waals surface area (Å²) in [5.41, 5.74) is 8.81. The van der Waals surface area contributed by atoms with Gasteiger partial charge >= 0.3 is 0 Å². The minimum Gasteiger partial charge on any atom is -0.398 e. The second-order valence-corrected chi connectivity index (χ2v) is 5.21. The topological polar surface area (TPSA) is 53.0 Å². The second kappa shape index (κ2) is 5.92. The van der Waals surface area contributed by atoms with Gasteiger partial charge < -0.3 is 10.6 Å². The maximum absolute atomic E-state index is 8.70. The summed E-state index contributed by atoms with van der Waals surface area (Å²) < 4.78 is 0.979. The van der Waals surface area contributed by atoms with Gasteiger partial charge in [0.1, 0.15) is 0 Å². The Balaban J connectivity index is 3.10. The van der Waals surface area contributed by atoms with Crippen LogP contribution in [0.3, 0.4) is 0 Å². The molecular formula is C13H18BrN3. The molecule has 0 radical (unpaired) electrons. The van der Waals surface area contributed by atoms with E-state index in [1.165, 1.54) is 0 Å². The Hall–Kier alpha value is -1.21. The minimum absolute atomic E-state index is 0.350. The Morgan fingerprint density at radius 3 is 2.65 bits per heavy atom. The molecule has 0 fully saturated rings. The molecule has 0 aromatic heterocycles. The average Bonchev–Trinajstić information content (AvgIpc) is 2.25. The molecule has 3 nitrogen and oxygen atoms in total. The fourth-order valence-corrected chi connectivity index (χ4v) is 2.32. The van der Waals surface area contributed by atoms with Crippen molar-refractivity contribution in [2.45, 2.75) is 33.2 Å². The van der Waals surface area contributed by atoms with Crippen LogP contribution in [0.15, 0.2) is 16.6 Å². The zero-order chi connectivity index (χ0) is 13.0. The van der Waals surface area contributed by atoms with E-state index in [4.69, 9.17) is 11.0 Å². The number of nitrogen functional groups attached to an aromatic ring is 1. The molecule has 4 heteroatoms. The molecule has 0 heterocycles. The van der Waals surface area contributed by atoms with Crippen LogP contribution in [0.2, 0.25) is 0 Å². The highest BCUT2D eigenvalue weighted by atomic mass is 79.9. The Bertz CT molecular complexity index is 435. The van der Waals surface area contributed by atoms with Crippen LogP contribution in [0.5, 0.6) is 0 Å². The molecule has 0 unspecified atom stereocenters. The number of nitriles is 1. The Labute approximate surface area is 111 Å². The lowest BCUT2D eigenvalue weighted by Gasteiger charge is -2.29. The Kier molecular flexibility index (Phi) is 4.83. The van der Waals surface area contributed by atoms with Crippen LogP contribution in [-0.4, -0.2) is 12.6 Å². The molecule has 0 atom stereocenters. The number of anilines is 2. The molecule has 1 rings (SSSR count). The molecule has 0 aliphatic rings. The van der Waals surface area contributed by atoms with Crippen molar-refractivity contribution >= 4 is 27.3 Å². The van der Waals surface area contributed by atoms with Gasteiger partial charge in [0, 0.05) is 22.7 Å². The fraction of sp³-hybridized carbons (Fsp3) is 0.462. The van der Waals surface area contributed by atoms with Gasteiger partial charge in [-0.2, -0.15) is 5.26 Å². The van der Waals surface area contributed by atoms with Gasteiger partial charge in [-0.1, -0.05) is 0 Å². The van der Waals surface area contributed by atoms with E-state index in [2.05, 4.69) is 46.8 Å². The summed E-state index contributed by atoms with van der Waals surface area (Å²) in [4.78, 5) is 2.21. The summed E-state index contributed by atoms with van der Waals surface area (Å²) in [6.45, 7) is 6.97. The molecule has 0 saturated heterocycles. The summed E-state index contributed by atoms with van der Waals surface area (Å²) in [6, 6.07) is 6.53. The monoisotopic (exact) mass is 295 g/mol. The van der Waals surface area contributed by atoms with Crippen molar-refractivity contribution in [1.82, 2.24) is 0 Å². The van der Waals surface area contributed by atoms with Crippen molar-refractivity contribution in [2.24, 2.45) is 0 Å². The van der Waals surface area contributed by atoms with Crippen molar-refractivity contribution in [2.75, 3.05) is 17.2 Å². The number of rotatable bonds is 4. The van der Waals surface area contributed by atoms with Gasteiger partial charge in [-0.15, -0.1) is 0 Å². The number of nitrogens with zero attached hydrogens (tertiary/aromatic N) is 2. The van der Waals surface area contributed by atoms with Gasteiger partial charge in [-0.3, -0.25) is 0 Å². The number of benzene rings is 1.